The van der Waals surface area contributed by atoms with Crippen molar-refractivity contribution in [1.82, 2.24) is 0 Å². The van der Waals surface area contributed by atoms with Crippen LogP contribution in [0.25, 0.3) is 0 Å². The Kier molecular flexibility index (Phi) is 7.01. The molecule has 28 heavy (non-hydrogen) atoms. The zero-order valence-electron chi connectivity index (χ0n) is 16.6. The largest absolute Gasteiger partial charge is 0.465 e. The average molecular weight is 391 g/mol. The second-order valence-electron chi connectivity index (χ2n) is 7.08. The Bertz CT molecular complexity index is 766. The number of carbonyl (C=O) groups excluding carboxylic acids is 1. The van der Waals surface area contributed by atoms with Crippen LogP contribution in [0.4, 0.5) is 0 Å². The summed E-state index contributed by atoms with van der Waals surface area (Å²) in [6, 6.07) is 32.5. The van der Waals surface area contributed by atoms with Crippen molar-refractivity contribution in [2.75, 3.05) is 12.8 Å². The topological polar surface area (TPSA) is 26.3 Å². The van der Waals surface area contributed by atoms with Crippen molar-refractivity contribution in [3.63, 3.8) is 0 Å². The van der Waals surface area contributed by atoms with E-state index in [1.165, 1.54) is 22.8 Å². The molecule has 0 aliphatic rings. The van der Waals surface area contributed by atoms with Gasteiger partial charge in [0, 0.05) is 12.8 Å². The minimum absolute atomic E-state index is 0.207. The van der Waals surface area contributed by atoms with Gasteiger partial charge in [0.15, 0.2) is 0 Å². The lowest BCUT2D eigenvalue weighted by Gasteiger charge is -2.30. The highest BCUT2D eigenvalue weighted by atomic mass is 31.2. The molecule has 1 atom stereocenters. The quantitative estimate of drug-likeness (QED) is 0.415. The molecule has 2 nitrogen and oxygen atoms in total. The number of ether oxygens (including phenoxy) is 1. The molecule has 0 amide bonds. The minimum Gasteiger partial charge on any atom is -0.465 e. The molecular formula is C25H28O2P+. The number of carbonyl (C=O) groups is 1. The zero-order chi connectivity index (χ0) is 19.8. The summed E-state index contributed by atoms with van der Waals surface area (Å²) >= 11 is 0. The molecule has 0 aliphatic carbocycles. The molecule has 3 aromatic rings. The first kappa shape index (κ1) is 20.3. The van der Waals surface area contributed by atoms with Crippen LogP contribution < -0.4 is 15.9 Å². The van der Waals surface area contributed by atoms with Crippen molar-refractivity contribution in [2.45, 2.75) is 20.3 Å². The maximum atomic E-state index is 11.4. The van der Waals surface area contributed by atoms with Gasteiger partial charge in [-0.15, -0.1) is 0 Å². The van der Waals surface area contributed by atoms with Crippen LogP contribution in [0.2, 0.25) is 0 Å². The Hall–Kier alpha value is -2.44. The summed E-state index contributed by atoms with van der Waals surface area (Å²) in [5.74, 6) is 0.0966. The highest BCUT2D eigenvalue weighted by Gasteiger charge is 2.46. The summed E-state index contributed by atoms with van der Waals surface area (Å²) in [6.07, 6.45) is 1.95. The first-order chi connectivity index (χ1) is 13.7. The van der Waals surface area contributed by atoms with Crippen molar-refractivity contribution in [3.8, 4) is 0 Å². The molecule has 0 N–H and O–H groups in total. The average Bonchev–Trinajstić information content (AvgIpc) is 2.76. The van der Waals surface area contributed by atoms with E-state index in [4.69, 9.17) is 4.74 Å². The van der Waals surface area contributed by atoms with Crippen LogP contribution in [0.15, 0.2) is 91.0 Å². The summed E-state index contributed by atoms with van der Waals surface area (Å²) in [7, 11) is -1.88. The van der Waals surface area contributed by atoms with Crippen molar-refractivity contribution < 1.29 is 9.53 Å². The van der Waals surface area contributed by atoms with Gasteiger partial charge in [-0.3, -0.25) is 4.79 Å². The maximum absolute atomic E-state index is 11.4. The lowest BCUT2D eigenvalue weighted by molar-refractivity contribution is -0.142. The van der Waals surface area contributed by atoms with Crippen molar-refractivity contribution >= 4 is 29.1 Å². The standard InChI is InChI=1S/C25H28O2P/c1-3-22(19-27-21(2)26)20-28(23-13-7-4-8-14-23,24-15-9-5-10-16-24)25-17-11-6-12-18-25/h4-18,22H,3,19-20H2,1-2H3/q+1/t22-/m0/s1. The highest BCUT2D eigenvalue weighted by Crippen LogP contribution is 2.56. The molecular weight excluding hydrogens is 363 g/mol. The van der Waals surface area contributed by atoms with Crippen molar-refractivity contribution in [1.29, 1.82) is 0 Å². The second kappa shape index (κ2) is 9.66. The van der Waals surface area contributed by atoms with E-state index in [2.05, 4.69) is 97.9 Å². The molecule has 3 heteroatoms. The monoisotopic (exact) mass is 391 g/mol. The van der Waals surface area contributed by atoms with E-state index in [1.807, 2.05) is 0 Å². The van der Waals surface area contributed by atoms with Gasteiger partial charge < -0.3 is 4.74 Å². The van der Waals surface area contributed by atoms with E-state index in [1.54, 1.807) is 0 Å². The van der Waals surface area contributed by atoms with Gasteiger partial charge in [-0.2, -0.15) is 0 Å². The normalized spacial score (nSPS) is 12.4. The van der Waals surface area contributed by atoms with Crippen LogP contribution in [0.5, 0.6) is 0 Å². The number of hydrogen-bond acceptors (Lipinski definition) is 2. The van der Waals surface area contributed by atoms with Gasteiger partial charge in [-0.1, -0.05) is 61.5 Å². The number of esters is 1. The number of rotatable bonds is 8. The molecule has 3 rings (SSSR count). The van der Waals surface area contributed by atoms with Gasteiger partial charge in [0.2, 0.25) is 0 Å². The van der Waals surface area contributed by atoms with E-state index < -0.39 is 7.26 Å². The Labute approximate surface area is 168 Å². The van der Waals surface area contributed by atoms with Crippen LogP contribution in [0.1, 0.15) is 20.3 Å². The van der Waals surface area contributed by atoms with Gasteiger partial charge in [0.1, 0.15) is 23.2 Å². The molecule has 0 aromatic heterocycles. The molecule has 0 spiro atoms. The van der Waals surface area contributed by atoms with Gasteiger partial charge in [-0.05, 0) is 42.8 Å². The number of hydrogen-bond donors (Lipinski definition) is 0. The Morgan fingerprint density at radius 1 is 0.786 bits per heavy atom. The molecule has 0 aliphatic heterocycles. The Morgan fingerprint density at radius 2 is 1.18 bits per heavy atom. The van der Waals surface area contributed by atoms with Crippen LogP contribution in [-0.2, 0) is 9.53 Å². The molecule has 0 fully saturated rings. The molecule has 0 heterocycles. The van der Waals surface area contributed by atoms with Crippen LogP contribution >= 0.6 is 7.26 Å². The van der Waals surface area contributed by atoms with Gasteiger partial charge in [0.25, 0.3) is 0 Å². The third-order valence-corrected chi connectivity index (χ3v) is 9.83. The van der Waals surface area contributed by atoms with Gasteiger partial charge >= 0.3 is 5.97 Å². The van der Waals surface area contributed by atoms with Gasteiger partial charge in [-0.25, -0.2) is 0 Å². The van der Waals surface area contributed by atoms with E-state index in [-0.39, 0.29) is 5.97 Å². The fourth-order valence-corrected chi connectivity index (χ4v) is 8.44. The molecule has 0 bridgehead atoms. The second-order valence-corrected chi connectivity index (χ2v) is 10.6. The van der Waals surface area contributed by atoms with E-state index >= 15 is 0 Å². The summed E-state index contributed by atoms with van der Waals surface area (Å²) in [4.78, 5) is 11.4. The molecule has 144 valence electrons. The van der Waals surface area contributed by atoms with Crippen molar-refractivity contribution in [3.05, 3.63) is 91.0 Å². The highest BCUT2D eigenvalue weighted by molar-refractivity contribution is 7.95. The van der Waals surface area contributed by atoms with E-state index in [9.17, 15) is 4.79 Å². The summed E-state index contributed by atoms with van der Waals surface area (Å²) in [6.45, 7) is 4.14. The van der Waals surface area contributed by atoms with Crippen LogP contribution in [-0.4, -0.2) is 18.7 Å². The van der Waals surface area contributed by atoms with E-state index in [0.717, 1.165) is 12.6 Å². The zero-order valence-corrected chi connectivity index (χ0v) is 17.5. The van der Waals surface area contributed by atoms with Crippen molar-refractivity contribution in [2.24, 2.45) is 5.92 Å². The van der Waals surface area contributed by atoms with Crippen LogP contribution in [0, 0.1) is 5.92 Å². The first-order valence-electron chi connectivity index (χ1n) is 9.85. The Balaban J connectivity index is 2.17. The summed E-state index contributed by atoms with van der Waals surface area (Å²) in [5.41, 5.74) is 0. The third-order valence-electron chi connectivity index (χ3n) is 5.22. The summed E-state index contributed by atoms with van der Waals surface area (Å²) < 4.78 is 5.43. The smallest absolute Gasteiger partial charge is 0.302 e. The first-order valence-corrected chi connectivity index (χ1v) is 11.8. The fourth-order valence-electron chi connectivity index (χ4n) is 3.73. The van der Waals surface area contributed by atoms with Crippen LogP contribution in [0.3, 0.4) is 0 Å². The lowest BCUT2D eigenvalue weighted by atomic mass is 10.1. The SMILES string of the molecule is CC[C@@H](COC(C)=O)C[P+](c1ccccc1)(c1ccccc1)c1ccccc1. The minimum atomic E-state index is -1.88. The number of benzene rings is 3. The molecule has 3 aromatic carbocycles. The predicted octanol–water partition coefficient (Wildman–Crippen LogP) is 4.57. The molecule has 0 saturated heterocycles. The van der Waals surface area contributed by atoms with E-state index in [0.29, 0.717) is 12.5 Å². The Morgan fingerprint density at radius 3 is 1.50 bits per heavy atom. The molecule has 0 radical (unpaired) electrons. The molecule has 0 saturated carbocycles. The lowest BCUT2D eigenvalue weighted by Crippen LogP contribution is -2.36. The predicted molar refractivity (Wildman–Crippen MR) is 120 cm³/mol. The van der Waals surface area contributed by atoms with Gasteiger partial charge in [0.05, 0.1) is 12.8 Å². The maximum Gasteiger partial charge on any atom is 0.302 e. The third kappa shape index (κ3) is 4.51. The summed E-state index contributed by atoms with van der Waals surface area (Å²) in [5, 5.41) is 4.11. The molecule has 0 unspecified atom stereocenters. The fraction of sp³-hybridized carbons (Fsp3) is 0.240.